The Bertz CT molecular complexity index is 2340. The van der Waals surface area contributed by atoms with Crippen molar-refractivity contribution in [3.8, 4) is 0 Å². The third-order valence-corrected chi connectivity index (χ3v) is 22.2. The van der Waals surface area contributed by atoms with Gasteiger partial charge < -0.3 is 91.8 Å². The molecule has 0 unspecified atom stereocenters. The van der Waals surface area contributed by atoms with E-state index in [1.807, 2.05) is 20.8 Å². The van der Waals surface area contributed by atoms with E-state index in [9.17, 15) is 25.5 Å². The zero-order valence-electron chi connectivity index (χ0n) is 48.1. The Morgan fingerprint density at radius 2 is 0.951 bits per heavy atom. The van der Waals surface area contributed by atoms with Gasteiger partial charge in [-0.25, -0.2) is 0 Å². The van der Waals surface area contributed by atoms with E-state index in [0.29, 0.717) is 96.5 Å². The van der Waals surface area contributed by atoms with E-state index in [-0.39, 0.29) is 110 Å². The van der Waals surface area contributed by atoms with Gasteiger partial charge in [-0.05, 0) is 91.4 Å². The highest BCUT2D eigenvalue weighted by Gasteiger charge is 2.64. The Morgan fingerprint density at radius 3 is 1.70 bits per heavy atom. The zero-order valence-corrected chi connectivity index (χ0v) is 48.1. The van der Waals surface area contributed by atoms with Crippen LogP contribution in [-0.4, -0.2) is 220 Å². The molecule has 0 aromatic heterocycles. The van der Waals surface area contributed by atoms with Crippen LogP contribution in [-0.2, 0) is 66.3 Å². The van der Waals surface area contributed by atoms with Gasteiger partial charge in [0, 0.05) is 64.4 Å². The van der Waals surface area contributed by atoms with Crippen molar-refractivity contribution in [2.75, 3.05) is 13.2 Å². The number of aliphatic hydroxyl groups excluding tert-OH is 4. The summed E-state index contributed by atoms with van der Waals surface area (Å²) in [5.74, 6) is -1.40. The molecule has 0 amide bonds. The fourth-order valence-electron chi connectivity index (χ4n) is 17.3. The standard InChI is InChI=1S/C62H92O19/c1-32-21-41-45(26-47-49(73-41)28-53(66)61(5)57(77-47)30-59(3)55(79-61)16-15-54-58(2,81-59)18-19-62(67,31-63)80-54)75-50-29-56-60(4,78-51(50)22-32)52(65)27-48-37(76-56)10-7-6-9-34-35(71-48)11-8-12-36-38(69-34)13-14-39-43(70-36)25-46-44(72-39)24-40-42(74-46)23-33(64)17-20-68-40/h6-8,11,13-14,32-57,63-67H,9-10,12,15-31H2,1-5H3/t32-,33+,34-,35+,36-,37+,38+,39-,40-,41+,42+,43+,44+,45-,46-,47+,48-,49-,50+,51-,52-,53+,54+,55-,56-,57-,58-,59+,60+,61+,62-/m1/s1. The predicted octanol–water partition coefficient (Wildman–Crippen LogP) is 4.64. The lowest BCUT2D eigenvalue weighted by molar-refractivity contribution is -0.347. The summed E-state index contributed by atoms with van der Waals surface area (Å²) in [4.78, 5) is 0. The van der Waals surface area contributed by atoms with Gasteiger partial charge in [0.2, 0.25) is 0 Å². The first kappa shape index (κ1) is 57.2. The number of hydrogen-bond donors (Lipinski definition) is 5. The molecule has 5 N–H and O–H groups in total. The Morgan fingerprint density at radius 1 is 0.432 bits per heavy atom. The molecule has 0 bridgehead atoms. The normalized spacial score (nSPS) is 58.0. The lowest BCUT2D eigenvalue weighted by Gasteiger charge is -2.55. The fourth-order valence-corrected chi connectivity index (χ4v) is 17.3. The van der Waals surface area contributed by atoms with Crippen LogP contribution in [0.1, 0.15) is 150 Å². The van der Waals surface area contributed by atoms with Crippen LogP contribution < -0.4 is 0 Å². The zero-order chi connectivity index (χ0) is 55.8. The number of fused-ring (bicyclic) bond motifs is 13. The molecule has 14 rings (SSSR count). The molecule has 81 heavy (non-hydrogen) atoms. The molecule has 0 radical (unpaired) electrons. The SMILES string of the molecule is C[C@@H]1C[C@@H]2O[C@@H]3C[C@H](O)[C@]4(C)O[C@@H]5CC[C@@H]6O[C@@](O)(CO)CC[C@@]6(C)O[C@@]5(C)C[C@H]4O[C@H]3C[C@H]2O[C@H]2C[C@H]3O[C@H]4CC=CC[C@H]5O[C@H]6C=C[C@H]7O[C@H]8C[C@H]9OCC[C@H](O)C[C@@H]9O[C@@H]8C[C@@H]7O[C@@H]6CC=C[C@@H]5O[C@@H]4C[C@@H](O)[C@]3(C)O[C@@H]2C1. The van der Waals surface area contributed by atoms with E-state index >= 15 is 0 Å². The summed E-state index contributed by atoms with van der Waals surface area (Å²) in [6, 6.07) is 0. The molecule has 11 fully saturated rings. The summed E-state index contributed by atoms with van der Waals surface area (Å²) in [5.41, 5.74) is -3.58. The van der Waals surface area contributed by atoms with E-state index in [1.165, 1.54) is 0 Å². The van der Waals surface area contributed by atoms with Gasteiger partial charge in [0.15, 0.2) is 5.79 Å². The minimum Gasteiger partial charge on any atom is -0.393 e. The van der Waals surface area contributed by atoms with Crippen molar-refractivity contribution < 1.29 is 91.8 Å². The maximum absolute atomic E-state index is 12.5. The number of hydrogen-bond acceptors (Lipinski definition) is 19. The molecule has 14 aliphatic rings. The molecule has 14 aliphatic heterocycles. The molecule has 0 spiro atoms. The van der Waals surface area contributed by atoms with Gasteiger partial charge in [-0.15, -0.1) is 0 Å². The Labute approximate surface area is 476 Å². The first-order valence-electron chi connectivity index (χ1n) is 31.5. The molecular weight excluding hydrogens is 1050 g/mol. The van der Waals surface area contributed by atoms with Crippen LogP contribution in [0.4, 0.5) is 0 Å². The number of aliphatic hydroxyl groups is 5. The summed E-state index contributed by atoms with van der Waals surface area (Å²) in [7, 11) is 0. The fraction of sp³-hybridized carbons (Fsp3) is 0.903. The van der Waals surface area contributed by atoms with Gasteiger partial charge in [-0.2, -0.15) is 0 Å². The van der Waals surface area contributed by atoms with Crippen LogP contribution in [0.25, 0.3) is 0 Å². The van der Waals surface area contributed by atoms with Crippen molar-refractivity contribution in [1.82, 2.24) is 0 Å². The van der Waals surface area contributed by atoms with E-state index in [4.69, 9.17) is 66.3 Å². The topological polar surface area (TPSA) is 230 Å². The first-order valence-corrected chi connectivity index (χ1v) is 31.5. The maximum Gasteiger partial charge on any atom is 0.189 e. The van der Waals surface area contributed by atoms with Crippen LogP contribution >= 0.6 is 0 Å². The summed E-state index contributed by atoms with van der Waals surface area (Å²) < 4.78 is 96.8. The highest BCUT2D eigenvalue weighted by molar-refractivity contribution is 5.15. The smallest absolute Gasteiger partial charge is 0.189 e. The molecule has 0 aromatic carbocycles. The summed E-state index contributed by atoms with van der Waals surface area (Å²) in [5, 5.41) is 56.1. The highest BCUT2D eigenvalue weighted by Crippen LogP contribution is 2.54. The van der Waals surface area contributed by atoms with Crippen molar-refractivity contribution in [3.63, 3.8) is 0 Å². The Hall–Kier alpha value is -1.54. The average molecular weight is 1140 g/mol. The molecule has 19 nitrogen and oxygen atoms in total. The van der Waals surface area contributed by atoms with Crippen LogP contribution in [0.2, 0.25) is 0 Å². The van der Waals surface area contributed by atoms with Gasteiger partial charge in [0.05, 0.1) is 152 Å². The summed E-state index contributed by atoms with van der Waals surface area (Å²) >= 11 is 0. The van der Waals surface area contributed by atoms with Gasteiger partial charge in [-0.1, -0.05) is 43.4 Å². The van der Waals surface area contributed by atoms with E-state index in [2.05, 4.69) is 50.3 Å². The monoisotopic (exact) mass is 1140 g/mol. The second-order valence-corrected chi connectivity index (χ2v) is 28.0. The number of ether oxygens (including phenoxy) is 14. The average Bonchev–Trinajstić information content (AvgIpc) is 3.83. The lowest BCUT2D eigenvalue weighted by Crippen LogP contribution is -2.66. The van der Waals surface area contributed by atoms with Crippen molar-refractivity contribution in [2.45, 2.75) is 331 Å². The number of rotatable bonds is 1. The predicted molar refractivity (Wildman–Crippen MR) is 287 cm³/mol. The highest BCUT2D eigenvalue weighted by atomic mass is 16.7. The first-order chi connectivity index (χ1) is 38.8. The van der Waals surface area contributed by atoms with E-state index < -0.39 is 89.7 Å². The van der Waals surface area contributed by atoms with Gasteiger partial charge in [0.1, 0.15) is 29.5 Å². The molecule has 19 heteroatoms. The van der Waals surface area contributed by atoms with Gasteiger partial charge >= 0.3 is 0 Å². The quantitative estimate of drug-likeness (QED) is 0.225. The van der Waals surface area contributed by atoms with Crippen molar-refractivity contribution in [3.05, 3.63) is 36.5 Å². The third kappa shape index (κ3) is 10.7. The molecule has 11 saturated heterocycles. The van der Waals surface area contributed by atoms with Crippen molar-refractivity contribution >= 4 is 0 Å². The minimum absolute atomic E-state index is 0.0943. The van der Waals surface area contributed by atoms with Crippen molar-refractivity contribution in [2.24, 2.45) is 5.92 Å². The third-order valence-electron chi connectivity index (χ3n) is 22.2. The van der Waals surface area contributed by atoms with E-state index in [1.54, 1.807) is 0 Å². The molecule has 14 heterocycles. The second kappa shape index (κ2) is 21.9. The molecule has 0 aromatic rings. The van der Waals surface area contributed by atoms with Crippen LogP contribution in [0.15, 0.2) is 36.5 Å². The largest absolute Gasteiger partial charge is 0.393 e. The molecular formula is C62H92O19. The Balaban J connectivity index is 0.649. The Kier molecular flexibility index (Phi) is 15.5. The van der Waals surface area contributed by atoms with Crippen LogP contribution in [0.5, 0.6) is 0 Å². The maximum atomic E-state index is 12.5. The van der Waals surface area contributed by atoms with Crippen LogP contribution in [0.3, 0.4) is 0 Å². The minimum atomic E-state index is -1.61. The van der Waals surface area contributed by atoms with E-state index in [0.717, 1.165) is 19.3 Å². The lowest BCUT2D eigenvalue weighted by atomic mass is 9.76. The van der Waals surface area contributed by atoms with Gasteiger partial charge in [-0.3, -0.25) is 0 Å². The molecule has 31 atom stereocenters. The molecule has 454 valence electrons. The van der Waals surface area contributed by atoms with Gasteiger partial charge in [0.25, 0.3) is 0 Å². The second-order valence-electron chi connectivity index (χ2n) is 28.0. The summed E-state index contributed by atoms with van der Waals surface area (Å²) in [6.07, 6.45) is 13.7. The molecule has 0 saturated carbocycles. The van der Waals surface area contributed by atoms with Crippen molar-refractivity contribution in [1.29, 1.82) is 0 Å². The molecule has 0 aliphatic carbocycles. The van der Waals surface area contributed by atoms with Crippen LogP contribution in [0, 0.1) is 5.92 Å². The summed E-state index contributed by atoms with van der Waals surface area (Å²) in [6.45, 7) is 10.4.